The molecule has 1 aliphatic heterocycles. The quantitative estimate of drug-likeness (QED) is 0.686. The molecule has 1 aromatic carbocycles. The molecule has 1 aliphatic carbocycles. The molecule has 0 unspecified atom stereocenters. The number of nitrogens with zero attached hydrogens (tertiary/aromatic N) is 3. The molecule has 2 aromatic rings. The van der Waals surface area contributed by atoms with Crippen LogP contribution in [0.2, 0.25) is 0 Å². The average molecular weight is 460 g/mol. The molecule has 1 N–H and O–H groups in total. The van der Waals surface area contributed by atoms with Gasteiger partial charge in [0.2, 0.25) is 10.0 Å². The molecular weight excluding hydrogens is 426 g/mol. The minimum Gasteiger partial charge on any atom is -0.487 e. The number of rotatable bonds is 7. The summed E-state index contributed by atoms with van der Waals surface area (Å²) in [7, 11) is -1.73. The van der Waals surface area contributed by atoms with E-state index in [1.807, 2.05) is 19.1 Å². The lowest BCUT2D eigenvalue weighted by molar-refractivity contribution is 0.0741. The lowest BCUT2D eigenvalue weighted by Gasteiger charge is -2.37. The highest BCUT2D eigenvalue weighted by Gasteiger charge is 2.38. The topological polar surface area (TPSA) is 83.0 Å². The fourth-order valence-corrected chi connectivity index (χ4v) is 6.11. The summed E-state index contributed by atoms with van der Waals surface area (Å²) in [6, 6.07) is 8.48. The Kier molecular flexibility index (Phi) is 6.86. The number of benzene rings is 1. The Morgan fingerprint density at radius 2 is 2.03 bits per heavy atom. The third kappa shape index (κ3) is 4.98. The second-order valence-electron chi connectivity index (χ2n) is 9.31. The number of ether oxygens (including phenoxy) is 1. The monoisotopic (exact) mass is 459 g/mol. The fourth-order valence-electron chi connectivity index (χ4n) is 4.28. The van der Waals surface area contributed by atoms with Gasteiger partial charge in [0.15, 0.2) is 0 Å². The van der Waals surface area contributed by atoms with Crippen LogP contribution in [0.3, 0.4) is 0 Å². The van der Waals surface area contributed by atoms with Crippen molar-refractivity contribution in [2.45, 2.75) is 43.7 Å². The first kappa shape index (κ1) is 23.2. The lowest BCUT2D eigenvalue weighted by Crippen LogP contribution is -2.49. The molecule has 1 saturated carbocycles. The highest BCUT2D eigenvalue weighted by molar-refractivity contribution is 7.89. The summed E-state index contributed by atoms with van der Waals surface area (Å²) in [6.45, 7) is 5.58. The van der Waals surface area contributed by atoms with Crippen LogP contribution in [0.1, 0.15) is 26.7 Å². The van der Waals surface area contributed by atoms with Gasteiger partial charge >= 0.3 is 0 Å². The van der Waals surface area contributed by atoms with Crippen molar-refractivity contribution >= 4 is 10.0 Å². The Balaban J connectivity index is 1.74. The van der Waals surface area contributed by atoms with Gasteiger partial charge in [0.25, 0.3) is 0 Å². The average Bonchev–Trinajstić information content (AvgIpc) is 3.59. The standard InChI is InChI=1S/C24H33N3O4S/c1-17-13-27(18(2)16-28)32(29,30)24-9-8-20(21-5-4-10-25-12-21)11-22(24)31-23(17)15-26(3)14-19-6-7-19/h4-5,8-12,17-19,23,28H,6-7,13-16H2,1-3H3/t17-,18+,23+/m1/s1. The van der Waals surface area contributed by atoms with Gasteiger partial charge in [-0.05, 0) is 56.5 Å². The summed E-state index contributed by atoms with van der Waals surface area (Å²) in [5, 5.41) is 9.77. The van der Waals surface area contributed by atoms with Gasteiger partial charge in [0, 0.05) is 49.6 Å². The number of aliphatic hydroxyl groups excluding tert-OH is 1. The number of sulfonamides is 1. The summed E-state index contributed by atoms with van der Waals surface area (Å²) in [4.78, 5) is 6.62. The van der Waals surface area contributed by atoms with Gasteiger partial charge in [0.05, 0.1) is 6.61 Å². The Hall–Kier alpha value is -2.00. The Labute approximate surface area is 191 Å². The van der Waals surface area contributed by atoms with Gasteiger partial charge in [-0.1, -0.05) is 19.1 Å². The van der Waals surface area contributed by atoms with Crippen LogP contribution in [-0.4, -0.2) is 73.1 Å². The SMILES string of the molecule is C[C@@H]1CN([C@@H](C)CO)S(=O)(=O)c2ccc(-c3cccnc3)cc2O[C@H]1CN(C)CC1CC1. The van der Waals surface area contributed by atoms with Crippen molar-refractivity contribution in [3.05, 3.63) is 42.7 Å². The van der Waals surface area contributed by atoms with E-state index in [0.29, 0.717) is 12.3 Å². The highest BCUT2D eigenvalue weighted by Crippen LogP contribution is 2.37. The van der Waals surface area contributed by atoms with Crippen LogP contribution in [0, 0.1) is 11.8 Å². The molecule has 0 amide bonds. The Morgan fingerprint density at radius 3 is 2.69 bits per heavy atom. The van der Waals surface area contributed by atoms with E-state index < -0.39 is 16.1 Å². The third-order valence-corrected chi connectivity index (χ3v) is 8.44. The van der Waals surface area contributed by atoms with Gasteiger partial charge < -0.3 is 14.7 Å². The Morgan fingerprint density at radius 1 is 1.25 bits per heavy atom. The molecule has 7 nitrogen and oxygen atoms in total. The third-order valence-electron chi connectivity index (χ3n) is 6.42. The molecule has 32 heavy (non-hydrogen) atoms. The van der Waals surface area contributed by atoms with Crippen LogP contribution in [-0.2, 0) is 10.0 Å². The lowest BCUT2D eigenvalue weighted by atomic mass is 10.0. The van der Waals surface area contributed by atoms with Crippen LogP contribution >= 0.6 is 0 Å². The molecule has 1 fully saturated rings. The van der Waals surface area contributed by atoms with Crippen molar-refractivity contribution in [2.24, 2.45) is 11.8 Å². The zero-order valence-corrected chi connectivity index (χ0v) is 19.8. The number of hydrogen-bond donors (Lipinski definition) is 1. The first-order chi connectivity index (χ1) is 15.3. The molecular formula is C24H33N3O4S. The first-order valence-electron chi connectivity index (χ1n) is 11.3. The van der Waals surface area contributed by atoms with Crippen LogP contribution in [0.5, 0.6) is 5.75 Å². The maximum absolute atomic E-state index is 13.6. The van der Waals surface area contributed by atoms with Gasteiger partial charge in [-0.25, -0.2) is 8.42 Å². The van der Waals surface area contributed by atoms with Gasteiger partial charge in [-0.15, -0.1) is 0 Å². The smallest absolute Gasteiger partial charge is 0.247 e. The van der Waals surface area contributed by atoms with E-state index in [-0.39, 0.29) is 23.5 Å². The molecule has 4 rings (SSSR count). The van der Waals surface area contributed by atoms with Crippen LogP contribution in [0.4, 0.5) is 0 Å². The zero-order chi connectivity index (χ0) is 22.9. The number of aromatic nitrogens is 1. The molecule has 0 spiro atoms. The highest BCUT2D eigenvalue weighted by atomic mass is 32.2. The molecule has 1 aromatic heterocycles. The van der Waals surface area contributed by atoms with Crippen LogP contribution < -0.4 is 4.74 Å². The van der Waals surface area contributed by atoms with E-state index in [1.165, 1.54) is 17.1 Å². The second kappa shape index (κ2) is 9.47. The summed E-state index contributed by atoms with van der Waals surface area (Å²) >= 11 is 0. The van der Waals surface area contributed by atoms with Crippen molar-refractivity contribution in [2.75, 3.05) is 33.3 Å². The van der Waals surface area contributed by atoms with E-state index in [1.54, 1.807) is 37.5 Å². The maximum atomic E-state index is 13.6. The minimum atomic E-state index is -3.83. The van der Waals surface area contributed by atoms with E-state index in [9.17, 15) is 13.5 Å². The first-order valence-corrected chi connectivity index (χ1v) is 12.8. The normalized spacial score (nSPS) is 24.3. The summed E-state index contributed by atoms with van der Waals surface area (Å²) < 4.78 is 35.0. The molecule has 8 heteroatoms. The zero-order valence-electron chi connectivity index (χ0n) is 19.0. The molecule has 0 saturated heterocycles. The largest absolute Gasteiger partial charge is 0.487 e. The van der Waals surface area contributed by atoms with Crippen molar-refractivity contribution in [3.63, 3.8) is 0 Å². The molecule has 0 bridgehead atoms. The number of pyridine rings is 1. The van der Waals surface area contributed by atoms with Gasteiger partial charge in [0.1, 0.15) is 16.7 Å². The van der Waals surface area contributed by atoms with Gasteiger partial charge in [-0.3, -0.25) is 4.98 Å². The molecule has 3 atom stereocenters. The predicted octanol–water partition coefficient (Wildman–Crippen LogP) is 2.86. The number of hydrogen-bond acceptors (Lipinski definition) is 6. The van der Waals surface area contributed by atoms with Crippen LogP contribution in [0.15, 0.2) is 47.6 Å². The molecule has 174 valence electrons. The van der Waals surface area contributed by atoms with Gasteiger partial charge in [-0.2, -0.15) is 4.31 Å². The molecule has 2 heterocycles. The number of aliphatic hydroxyl groups is 1. The van der Waals surface area contributed by atoms with Crippen molar-refractivity contribution in [1.29, 1.82) is 0 Å². The fraction of sp³-hybridized carbons (Fsp3) is 0.542. The summed E-state index contributed by atoms with van der Waals surface area (Å²) in [5.41, 5.74) is 1.75. The predicted molar refractivity (Wildman–Crippen MR) is 124 cm³/mol. The van der Waals surface area contributed by atoms with Crippen molar-refractivity contribution in [1.82, 2.24) is 14.2 Å². The van der Waals surface area contributed by atoms with Crippen LogP contribution in [0.25, 0.3) is 11.1 Å². The van der Waals surface area contributed by atoms with E-state index in [0.717, 1.165) is 30.1 Å². The van der Waals surface area contributed by atoms with E-state index in [2.05, 4.69) is 16.9 Å². The van der Waals surface area contributed by atoms with E-state index >= 15 is 0 Å². The maximum Gasteiger partial charge on any atom is 0.247 e. The second-order valence-corrected chi connectivity index (χ2v) is 11.2. The van der Waals surface area contributed by atoms with E-state index in [4.69, 9.17) is 4.74 Å². The Bertz CT molecular complexity index is 1030. The minimum absolute atomic E-state index is 0.0457. The van der Waals surface area contributed by atoms with Crippen molar-refractivity contribution in [3.8, 4) is 16.9 Å². The van der Waals surface area contributed by atoms with Crippen molar-refractivity contribution < 1.29 is 18.3 Å². The summed E-state index contributed by atoms with van der Waals surface area (Å²) in [5.74, 6) is 1.08. The molecule has 2 aliphatic rings. The number of fused-ring (bicyclic) bond motifs is 1. The number of likely N-dealkylation sites (N-methyl/N-ethyl adjacent to an activating group) is 1. The molecule has 0 radical (unpaired) electrons. The summed E-state index contributed by atoms with van der Waals surface area (Å²) in [6.07, 6.45) is 5.85.